The zero-order valence-corrected chi connectivity index (χ0v) is 13.9. The van der Waals surface area contributed by atoms with Gasteiger partial charge in [-0.25, -0.2) is 0 Å². The number of carbonyl (C=O) groups excluding carboxylic acids is 1. The van der Waals surface area contributed by atoms with Crippen LogP contribution < -0.4 is 5.32 Å². The predicted octanol–water partition coefficient (Wildman–Crippen LogP) is 1.66. The third-order valence-electron chi connectivity index (χ3n) is 4.67. The molecule has 3 rings (SSSR count). The normalized spacial score (nSPS) is 36.2. The predicted molar refractivity (Wildman–Crippen MR) is 79.9 cm³/mol. The van der Waals surface area contributed by atoms with Crippen LogP contribution in [0.1, 0.15) is 53.9 Å². The van der Waals surface area contributed by atoms with Crippen molar-refractivity contribution >= 4 is 5.91 Å². The lowest BCUT2D eigenvalue weighted by Gasteiger charge is -2.53. The topological polar surface area (TPSA) is 54.1 Å². The van der Waals surface area contributed by atoms with Crippen molar-refractivity contribution in [3.63, 3.8) is 0 Å². The monoisotopic (exact) mass is 296 g/mol. The van der Waals surface area contributed by atoms with E-state index in [4.69, 9.17) is 9.47 Å². The molecular weight excluding hydrogens is 268 g/mol. The Balaban J connectivity index is 1.93. The van der Waals surface area contributed by atoms with E-state index in [0.29, 0.717) is 6.54 Å². The van der Waals surface area contributed by atoms with Gasteiger partial charge < -0.3 is 19.7 Å². The number of nitrogens with zero attached hydrogens (tertiary/aromatic N) is 1. The highest BCUT2D eigenvalue weighted by Crippen LogP contribution is 2.46. The van der Waals surface area contributed by atoms with Crippen LogP contribution in [0.15, 0.2) is 0 Å². The van der Waals surface area contributed by atoms with Gasteiger partial charge in [0.25, 0.3) is 5.91 Å². The van der Waals surface area contributed by atoms with Gasteiger partial charge in [-0.05, 0) is 34.1 Å². The minimum atomic E-state index is -0.484. The molecule has 1 N–H and O–H groups in total. The molecule has 3 saturated heterocycles. The van der Waals surface area contributed by atoms with Crippen molar-refractivity contribution in [2.75, 3.05) is 13.2 Å². The Morgan fingerprint density at radius 3 is 2.29 bits per heavy atom. The Morgan fingerprint density at radius 2 is 1.81 bits per heavy atom. The van der Waals surface area contributed by atoms with Crippen molar-refractivity contribution < 1.29 is 14.3 Å². The summed E-state index contributed by atoms with van der Waals surface area (Å²) in [6.45, 7) is 12.2. The first kappa shape index (κ1) is 15.3. The number of amides is 1. The number of piperidine rings is 1. The maximum atomic E-state index is 12.7. The third-order valence-corrected chi connectivity index (χ3v) is 4.67. The van der Waals surface area contributed by atoms with Gasteiger partial charge >= 0.3 is 0 Å². The molecule has 1 spiro atoms. The molecule has 5 nitrogen and oxygen atoms in total. The van der Waals surface area contributed by atoms with Crippen LogP contribution in [0.4, 0.5) is 0 Å². The number of hydrogen-bond acceptors (Lipinski definition) is 4. The first-order valence-electron chi connectivity index (χ1n) is 8.07. The van der Waals surface area contributed by atoms with Gasteiger partial charge in [0.05, 0.1) is 19.3 Å². The number of epoxide rings is 1. The summed E-state index contributed by atoms with van der Waals surface area (Å²) >= 11 is 0. The number of nitrogens with one attached hydrogen (secondary N) is 1. The molecular formula is C16H28N2O3. The number of rotatable bonds is 3. The molecule has 0 aliphatic carbocycles. The number of hydrogen-bond donors (Lipinski definition) is 1. The van der Waals surface area contributed by atoms with E-state index in [1.807, 2.05) is 11.8 Å². The molecule has 1 amide bonds. The molecule has 0 saturated carbocycles. The minimum absolute atomic E-state index is 0.0622. The molecule has 3 heterocycles. The molecule has 3 fully saturated rings. The van der Waals surface area contributed by atoms with Gasteiger partial charge in [-0.2, -0.15) is 0 Å². The molecule has 0 aromatic carbocycles. The third kappa shape index (κ3) is 2.83. The summed E-state index contributed by atoms with van der Waals surface area (Å²) in [6, 6.07) is 0. The van der Waals surface area contributed by atoms with E-state index in [0.717, 1.165) is 25.9 Å². The van der Waals surface area contributed by atoms with E-state index in [1.54, 1.807) is 0 Å². The first-order valence-corrected chi connectivity index (χ1v) is 8.07. The van der Waals surface area contributed by atoms with Crippen molar-refractivity contribution in [2.24, 2.45) is 0 Å². The largest absolute Gasteiger partial charge is 0.371 e. The second-order valence-electron chi connectivity index (χ2n) is 8.11. The Kier molecular flexibility index (Phi) is 3.39. The van der Waals surface area contributed by atoms with E-state index in [9.17, 15) is 4.79 Å². The maximum absolute atomic E-state index is 12.7. The average Bonchev–Trinajstić information content (AvgIpc) is 3.08. The summed E-state index contributed by atoms with van der Waals surface area (Å²) in [5.41, 5.74) is -0.609. The van der Waals surface area contributed by atoms with Crippen LogP contribution in [-0.2, 0) is 14.3 Å². The number of carbonyl (C=O) groups is 1. The van der Waals surface area contributed by atoms with Crippen LogP contribution in [0.25, 0.3) is 0 Å². The molecule has 3 aliphatic heterocycles. The fraction of sp³-hybridized carbons (Fsp3) is 0.938. The molecule has 2 atom stereocenters. The summed E-state index contributed by atoms with van der Waals surface area (Å²) in [7, 11) is 0. The summed E-state index contributed by atoms with van der Waals surface area (Å²) in [5, 5.41) is 3.67. The van der Waals surface area contributed by atoms with Crippen molar-refractivity contribution in [1.82, 2.24) is 10.2 Å². The van der Waals surface area contributed by atoms with E-state index >= 15 is 0 Å². The van der Waals surface area contributed by atoms with Crippen LogP contribution in [0, 0.1) is 0 Å². The SMILES string of the molecule is CCC1OC2(CC(C)(C)NC(C)(C)C2)N(CC2CO2)C1=O. The van der Waals surface area contributed by atoms with Gasteiger partial charge in [0.15, 0.2) is 0 Å². The van der Waals surface area contributed by atoms with Gasteiger partial charge in [0.1, 0.15) is 11.8 Å². The Morgan fingerprint density at radius 1 is 1.24 bits per heavy atom. The fourth-order valence-corrected chi connectivity index (χ4v) is 4.37. The molecule has 0 bridgehead atoms. The van der Waals surface area contributed by atoms with Gasteiger partial charge in [0.2, 0.25) is 0 Å². The summed E-state index contributed by atoms with van der Waals surface area (Å²) < 4.78 is 11.7. The quantitative estimate of drug-likeness (QED) is 0.805. The molecule has 0 radical (unpaired) electrons. The summed E-state index contributed by atoms with van der Waals surface area (Å²) in [5.74, 6) is 0.140. The lowest BCUT2D eigenvalue weighted by Crippen LogP contribution is -2.67. The van der Waals surface area contributed by atoms with Crippen LogP contribution in [0.5, 0.6) is 0 Å². The van der Waals surface area contributed by atoms with Crippen molar-refractivity contribution in [2.45, 2.75) is 82.9 Å². The molecule has 0 aromatic heterocycles. The van der Waals surface area contributed by atoms with Gasteiger partial charge in [0, 0.05) is 23.9 Å². The summed E-state index contributed by atoms with van der Waals surface area (Å²) in [6.07, 6.45) is 2.27. The standard InChI is InChI=1S/C16H28N2O3/c1-6-12-13(19)18(7-11-8-20-11)16(21-12)9-14(2,3)17-15(4,5)10-16/h11-12,17H,6-10H2,1-5H3. The van der Waals surface area contributed by atoms with Crippen molar-refractivity contribution in [3.05, 3.63) is 0 Å². The zero-order chi connectivity index (χ0) is 15.5. The molecule has 5 heteroatoms. The van der Waals surface area contributed by atoms with E-state index in [1.165, 1.54) is 0 Å². The highest BCUT2D eigenvalue weighted by molar-refractivity contribution is 5.83. The molecule has 21 heavy (non-hydrogen) atoms. The highest BCUT2D eigenvalue weighted by atomic mass is 16.6. The molecule has 0 aromatic rings. The smallest absolute Gasteiger partial charge is 0.254 e. The first-order chi connectivity index (χ1) is 9.66. The minimum Gasteiger partial charge on any atom is -0.371 e. The van der Waals surface area contributed by atoms with E-state index < -0.39 is 5.72 Å². The van der Waals surface area contributed by atoms with Gasteiger partial charge in [-0.1, -0.05) is 6.92 Å². The van der Waals surface area contributed by atoms with Crippen LogP contribution in [0.2, 0.25) is 0 Å². The molecule has 3 aliphatic rings. The van der Waals surface area contributed by atoms with E-state index in [2.05, 4.69) is 33.0 Å². The summed E-state index contributed by atoms with van der Waals surface area (Å²) in [4.78, 5) is 14.7. The maximum Gasteiger partial charge on any atom is 0.254 e. The van der Waals surface area contributed by atoms with Crippen molar-refractivity contribution in [3.8, 4) is 0 Å². The highest BCUT2D eigenvalue weighted by Gasteiger charge is 2.59. The van der Waals surface area contributed by atoms with Crippen LogP contribution in [-0.4, -0.2) is 53.0 Å². The van der Waals surface area contributed by atoms with Gasteiger partial charge in [-0.3, -0.25) is 4.79 Å². The van der Waals surface area contributed by atoms with Gasteiger partial charge in [-0.15, -0.1) is 0 Å². The Labute approximate surface area is 127 Å². The van der Waals surface area contributed by atoms with Crippen LogP contribution in [0.3, 0.4) is 0 Å². The Bertz CT molecular complexity index is 427. The second-order valence-corrected chi connectivity index (χ2v) is 8.11. The van der Waals surface area contributed by atoms with Crippen molar-refractivity contribution in [1.29, 1.82) is 0 Å². The average molecular weight is 296 g/mol. The zero-order valence-electron chi connectivity index (χ0n) is 13.9. The van der Waals surface area contributed by atoms with E-state index in [-0.39, 0.29) is 29.2 Å². The van der Waals surface area contributed by atoms with Crippen LogP contribution >= 0.6 is 0 Å². The number of ether oxygens (including phenoxy) is 2. The Hall–Kier alpha value is -0.650. The second kappa shape index (κ2) is 4.67. The molecule has 2 unspecified atom stereocenters. The lowest BCUT2D eigenvalue weighted by atomic mass is 9.76. The molecule has 120 valence electrons. The lowest BCUT2D eigenvalue weighted by molar-refractivity contribution is -0.162. The fourth-order valence-electron chi connectivity index (χ4n) is 4.37.